The summed E-state index contributed by atoms with van der Waals surface area (Å²) in [5, 5.41) is 13.5. The van der Waals surface area contributed by atoms with E-state index in [9.17, 15) is 9.50 Å². The molecule has 3 rings (SSSR count). The Balaban J connectivity index is 2.22. The first-order valence-electron chi connectivity index (χ1n) is 5.59. The molecular weight excluding hydrogens is 313 g/mol. The van der Waals surface area contributed by atoms with Crippen LogP contribution in [0.5, 0.6) is 0 Å². The first-order chi connectivity index (χ1) is 9.19. The van der Waals surface area contributed by atoms with E-state index >= 15 is 0 Å². The van der Waals surface area contributed by atoms with Crippen LogP contribution in [0.4, 0.5) is 4.39 Å². The Morgan fingerprint density at radius 3 is 2.89 bits per heavy atom. The highest BCUT2D eigenvalue weighted by Gasteiger charge is 2.10. The second-order valence-corrected chi connectivity index (χ2v) is 4.94. The number of aliphatic hydroxyl groups excluding tert-OH is 1. The molecule has 0 aliphatic carbocycles. The molecule has 0 aliphatic heterocycles. The van der Waals surface area contributed by atoms with Crippen LogP contribution in [-0.2, 0) is 6.61 Å². The molecule has 4 nitrogen and oxygen atoms in total. The van der Waals surface area contributed by atoms with Gasteiger partial charge in [-0.15, -0.1) is 0 Å². The monoisotopic (exact) mass is 321 g/mol. The van der Waals surface area contributed by atoms with E-state index in [1.807, 2.05) is 0 Å². The van der Waals surface area contributed by atoms with Crippen molar-refractivity contribution >= 4 is 21.6 Å². The maximum atomic E-state index is 13.8. The Kier molecular flexibility index (Phi) is 3.04. The number of hydrogen-bond donors (Lipinski definition) is 1. The van der Waals surface area contributed by atoms with Gasteiger partial charge >= 0.3 is 0 Å². The molecule has 1 N–H and O–H groups in total. The summed E-state index contributed by atoms with van der Waals surface area (Å²) in [5.41, 5.74) is 2.06. The average molecular weight is 322 g/mol. The molecule has 3 aromatic rings. The van der Waals surface area contributed by atoms with Crippen molar-refractivity contribution in [3.63, 3.8) is 0 Å². The van der Waals surface area contributed by atoms with E-state index in [0.29, 0.717) is 22.6 Å². The largest absolute Gasteiger partial charge is 0.390 e. The summed E-state index contributed by atoms with van der Waals surface area (Å²) in [5.74, 6) is -0.347. The molecule has 96 valence electrons. The minimum absolute atomic E-state index is 0.168. The van der Waals surface area contributed by atoms with Crippen LogP contribution >= 0.6 is 15.9 Å². The Morgan fingerprint density at radius 2 is 2.11 bits per heavy atom. The van der Waals surface area contributed by atoms with Gasteiger partial charge in [0.15, 0.2) is 5.65 Å². The third-order valence-corrected chi connectivity index (χ3v) is 3.29. The van der Waals surface area contributed by atoms with E-state index < -0.39 is 0 Å². The van der Waals surface area contributed by atoms with Crippen molar-refractivity contribution in [2.45, 2.75) is 6.61 Å². The first-order valence-corrected chi connectivity index (χ1v) is 6.38. The zero-order chi connectivity index (χ0) is 13.4. The van der Waals surface area contributed by atoms with E-state index in [2.05, 4.69) is 26.0 Å². The molecule has 0 saturated heterocycles. The smallest absolute Gasteiger partial charge is 0.153 e. The molecule has 0 aliphatic rings. The van der Waals surface area contributed by atoms with Gasteiger partial charge in [-0.25, -0.2) is 13.9 Å². The highest BCUT2D eigenvalue weighted by atomic mass is 79.9. The van der Waals surface area contributed by atoms with Gasteiger partial charge in [0.1, 0.15) is 5.82 Å². The molecule has 0 spiro atoms. The van der Waals surface area contributed by atoms with Gasteiger partial charge in [-0.1, -0.05) is 15.9 Å². The fourth-order valence-electron chi connectivity index (χ4n) is 1.87. The van der Waals surface area contributed by atoms with Crippen LogP contribution in [0.25, 0.3) is 16.9 Å². The van der Waals surface area contributed by atoms with Crippen molar-refractivity contribution in [1.82, 2.24) is 14.6 Å². The normalized spacial score (nSPS) is 11.1. The summed E-state index contributed by atoms with van der Waals surface area (Å²) in [6.45, 7) is -0.168. The van der Waals surface area contributed by atoms with Gasteiger partial charge in [0, 0.05) is 10.0 Å². The number of imidazole rings is 1. The maximum Gasteiger partial charge on any atom is 0.153 e. The van der Waals surface area contributed by atoms with Gasteiger partial charge in [-0.3, -0.25) is 0 Å². The fourth-order valence-corrected chi connectivity index (χ4v) is 2.23. The number of fused-ring (bicyclic) bond motifs is 1. The van der Waals surface area contributed by atoms with Crippen LogP contribution in [0, 0.1) is 5.82 Å². The molecule has 0 fully saturated rings. The van der Waals surface area contributed by atoms with E-state index in [1.54, 1.807) is 30.5 Å². The molecule has 0 atom stereocenters. The maximum absolute atomic E-state index is 13.8. The molecule has 0 saturated carbocycles. The second kappa shape index (κ2) is 4.71. The van der Waals surface area contributed by atoms with Gasteiger partial charge in [0.2, 0.25) is 0 Å². The third-order valence-electron chi connectivity index (χ3n) is 2.80. The lowest BCUT2D eigenvalue weighted by molar-refractivity contribution is 0.274. The SMILES string of the molecule is OCc1cnc2ccc(-c3cc(Br)ccc3F)nn12. The molecule has 6 heteroatoms. The Hall–Kier alpha value is -1.79. The van der Waals surface area contributed by atoms with Crippen LogP contribution in [-0.4, -0.2) is 19.7 Å². The van der Waals surface area contributed by atoms with Crippen LogP contribution in [0.3, 0.4) is 0 Å². The Morgan fingerprint density at radius 1 is 1.26 bits per heavy atom. The fraction of sp³-hybridized carbons (Fsp3) is 0.0769. The Bertz CT molecular complexity index is 757. The van der Waals surface area contributed by atoms with E-state index in [-0.39, 0.29) is 12.4 Å². The summed E-state index contributed by atoms with van der Waals surface area (Å²) < 4.78 is 16.1. The van der Waals surface area contributed by atoms with Crippen LogP contribution < -0.4 is 0 Å². The van der Waals surface area contributed by atoms with Crippen LogP contribution in [0.1, 0.15) is 5.69 Å². The summed E-state index contributed by atoms with van der Waals surface area (Å²) in [6.07, 6.45) is 1.55. The lowest BCUT2D eigenvalue weighted by Gasteiger charge is -2.05. The van der Waals surface area contributed by atoms with Gasteiger partial charge < -0.3 is 5.11 Å². The molecule has 0 amide bonds. The predicted octanol–water partition coefficient (Wildman–Crippen LogP) is 2.79. The number of aromatic nitrogens is 3. The van der Waals surface area contributed by atoms with Crippen molar-refractivity contribution in [1.29, 1.82) is 0 Å². The van der Waals surface area contributed by atoms with Gasteiger partial charge in [-0.05, 0) is 30.3 Å². The van der Waals surface area contributed by atoms with E-state index in [0.717, 1.165) is 4.47 Å². The van der Waals surface area contributed by atoms with Crippen molar-refractivity contribution in [2.75, 3.05) is 0 Å². The zero-order valence-electron chi connectivity index (χ0n) is 9.72. The summed E-state index contributed by atoms with van der Waals surface area (Å²) in [6, 6.07) is 8.12. The topological polar surface area (TPSA) is 50.4 Å². The molecule has 19 heavy (non-hydrogen) atoms. The minimum atomic E-state index is -0.347. The number of aliphatic hydroxyl groups is 1. The van der Waals surface area contributed by atoms with Crippen LogP contribution in [0.15, 0.2) is 41.0 Å². The quantitative estimate of drug-likeness (QED) is 0.789. The lowest BCUT2D eigenvalue weighted by atomic mass is 10.1. The predicted molar refractivity (Wildman–Crippen MR) is 72.0 cm³/mol. The molecule has 1 aromatic carbocycles. The third kappa shape index (κ3) is 2.13. The minimum Gasteiger partial charge on any atom is -0.390 e. The molecule has 0 unspecified atom stereocenters. The Labute approximate surface area is 116 Å². The zero-order valence-corrected chi connectivity index (χ0v) is 11.3. The van der Waals surface area contributed by atoms with Gasteiger partial charge in [0.25, 0.3) is 0 Å². The summed E-state index contributed by atoms with van der Waals surface area (Å²) >= 11 is 3.31. The van der Waals surface area contributed by atoms with Crippen molar-refractivity contribution in [3.8, 4) is 11.3 Å². The van der Waals surface area contributed by atoms with Gasteiger partial charge in [-0.2, -0.15) is 5.10 Å². The van der Waals surface area contributed by atoms with E-state index in [1.165, 1.54) is 10.6 Å². The molecule has 0 radical (unpaired) electrons. The second-order valence-electron chi connectivity index (χ2n) is 4.02. The molecule has 2 aromatic heterocycles. The van der Waals surface area contributed by atoms with Crippen LogP contribution in [0.2, 0.25) is 0 Å². The summed E-state index contributed by atoms with van der Waals surface area (Å²) in [7, 11) is 0. The van der Waals surface area contributed by atoms with Crippen molar-refractivity contribution < 1.29 is 9.50 Å². The molecule has 0 bridgehead atoms. The molecular formula is C13H9BrFN3O. The highest BCUT2D eigenvalue weighted by molar-refractivity contribution is 9.10. The number of halogens is 2. The standard InChI is InChI=1S/C13H9BrFN3O/c14-8-1-2-11(15)10(5-8)12-3-4-13-16-6-9(7-19)18(13)17-12/h1-6,19H,7H2. The number of nitrogens with zero attached hydrogens (tertiary/aromatic N) is 3. The molecule has 2 heterocycles. The van der Waals surface area contributed by atoms with Crippen molar-refractivity contribution in [2.24, 2.45) is 0 Å². The van der Waals surface area contributed by atoms with Gasteiger partial charge in [0.05, 0.1) is 24.2 Å². The van der Waals surface area contributed by atoms with E-state index in [4.69, 9.17) is 0 Å². The number of hydrogen-bond acceptors (Lipinski definition) is 3. The summed E-state index contributed by atoms with van der Waals surface area (Å²) in [4.78, 5) is 4.10. The van der Waals surface area contributed by atoms with Crippen molar-refractivity contribution in [3.05, 3.63) is 52.5 Å². The number of benzene rings is 1. The first kappa shape index (κ1) is 12.3. The number of rotatable bonds is 2. The highest BCUT2D eigenvalue weighted by Crippen LogP contribution is 2.25. The lowest BCUT2D eigenvalue weighted by Crippen LogP contribution is -2.00. The average Bonchev–Trinajstić information content (AvgIpc) is 2.83.